The Morgan fingerprint density at radius 2 is 1.81 bits per heavy atom. The molecule has 2 fully saturated rings. The van der Waals surface area contributed by atoms with Crippen LogP contribution < -0.4 is 10.2 Å². The lowest BCUT2D eigenvalue weighted by atomic mass is 10.0. The van der Waals surface area contributed by atoms with E-state index in [2.05, 4.69) is 47.5 Å². The van der Waals surface area contributed by atoms with Crippen LogP contribution in [0.25, 0.3) is 10.9 Å². The predicted octanol–water partition coefficient (Wildman–Crippen LogP) is 4.85. The summed E-state index contributed by atoms with van der Waals surface area (Å²) >= 11 is 0. The molecule has 160 valence electrons. The van der Waals surface area contributed by atoms with E-state index in [9.17, 15) is 4.79 Å². The van der Waals surface area contributed by atoms with Gasteiger partial charge in [0.2, 0.25) is 5.91 Å². The first-order chi connectivity index (χ1) is 15.2. The monoisotopic (exact) mass is 414 g/mol. The van der Waals surface area contributed by atoms with Crippen LogP contribution in [0.3, 0.4) is 0 Å². The molecule has 1 spiro atoms. The molecule has 1 heterocycles. The van der Waals surface area contributed by atoms with Gasteiger partial charge in [-0.25, -0.2) is 9.97 Å². The molecule has 0 aliphatic heterocycles. The SMILES string of the molecule is CCN(Cc1ccccc1)c1nc(CNC(=O)[C@@H]2CC23CCCC3)nc2ccccc12. The van der Waals surface area contributed by atoms with E-state index in [1.807, 2.05) is 24.3 Å². The van der Waals surface area contributed by atoms with Crippen LogP contribution in [0.15, 0.2) is 54.6 Å². The number of hydrogen-bond donors (Lipinski definition) is 1. The number of rotatable bonds is 7. The molecule has 1 N–H and O–H groups in total. The summed E-state index contributed by atoms with van der Waals surface area (Å²) in [5.74, 6) is 1.98. The first-order valence-corrected chi connectivity index (χ1v) is 11.5. The van der Waals surface area contributed by atoms with Gasteiger partial charge in [-0.2, -0.15) is 0 Å². The molecule has 1 amide bonds. The zero-order valence-corrected chi connectivity index (χ0v) is 18.2. The molecular weight excluding hydrogens is 384 g/mol. The first kappa shape index (κ1) is 20.0. The lowest BCUT2D eigenvalue weighted by Gasteiger charge is -2.24. The standard InChI is InChI=1S/C26H30N4O/c1-2-30(18-19-10-4-3-5-11-19)24-20-12-6-7-13-22(20)28-23(29-24)17-27-25(31)21-16-26(21)14-8-9-15-26/h3-7,10-13,21H,2,8-9,14-18H2,1H3,(H,27,31)/t21-/m0/s1. The van der Waals surface area contributed by atoms with E-state index in [4.69, 9.17) is 9.97 Å². The Labute approximate surface area is 183 Å². The van der Waals surface area contributed by atoms with Gasteiger partial charge < -0.3 is 10.2 Å². The van der Waals surface area contributed by atoms with Crippen molar-refractivity contribution in [3.8, 4) is 0 Å². The fraction of sp³-hybridized carbons (Fsp3) is 0.423. The molecule has 5 nitrogen and oxygen atoms in total. The molecule has 5 rings (SSSR count). The zero-order valence-electron chi connectivity index (χ0n) is 18.2. The highest BCUT2D eigenvalue weighted by Gasteiger charge is 2.58. The maximum atomic E-state index is 12.7. The van der Waals surface area contributed by atoms with Crippen LogP contribution in [0.4, 0.5) is 5.82 Å². The second-order valence-electron chi connectivity index (χ2n) is 9.02. The van der Waals surface area contributed by atoms with Gasteiger partial charge in [-0.15, -0.1) is 0 Å². The van der Waals surface area contributed by atoms with Crippen molar-refractivity contribution in [3.05, 3.63) is 66.0 Å². The third-order valence-electron chi connectivity index (χ3n) is 7.05. The highest BCUT2D eigenvalue weighted by molar-refractivity contribution is 5.89. The third-order valence-corrected chi connectivity index (χ3v) is 7.05. The summed E-state index contributed by atoms with van der Waals surface area (Å²) in [6.45, 7) is 4.16. The van der Waals surface area contributed by atoms with Gasteiger partial charge in [0.05, 0.1) is 12.1 Å². The summed E-state index contributed by atoms with van der Waals surface area (Å²) in [6.07, 6.45) is 6.03. The lowest BCUT2D eigenvalue weighted by molar-refractivity contribution is -0.123. The third kappa shape index (κ3) is 4.01. The van der Waals surface area contributed by atoms with Crippen molar-refractivity contribution in [1.29, 1.82) is 0 Å². The van der Waals surface area contributed by atoms with Gasteiger partial charge >= 0.3 is 0 Å². The Bertz CT molecular complexity index is 1080. The summed E-state index contributed by atoms with van der Waals surface area (Å²) in [6, 6.07) is 18.6. The largest absolute Gasteiger partial charge is 0.352 e. The maximum absolute atomic E-state index is 12.7. The number of nitrogens with zero attached hydrogens (tertiary/aromatic N) is 3. The van der Waals surface area contributed by atoms with Crippen LogP contribution in [0.2, 0.25) is 0 Å². The van der Waals surface area contributed by atoms with E-state index in [1.54, 1.807) is 0 Å². The minimum Gasteiger partial charge on any atom is -0.352 e. The highest BCUT2D eigenvalue weighted by atomic mass is 16.2. The van der Waals surface area contributed by atoms with Gasteiger partial charge in [0, 0.05) is 24.4 Å². The summed E-state index contributed by atoms with van der Waals surface area (Å²) in [5, 5.41) is 4.17. The Hall–Kier alpha value is -2.95. The number of anilines is 1. The van der Waals surface area contributed by atoms with Crippen LogP contribution in [0.5, 0.6) is 0 Å². The van der Waals surface area contributed by atoms with E-state index >= 15 is 0 Å². The molecule has 0 saturated heterocycles. The summed E-state index contributed by atoms with van der Waals surface area (Å²) < 4.78 is 0. The lowest BCUT2D eigenvalue weighted by Crippen LogP contribution is -2.28. The van der Waals surface area contributed by atoms with Crippen molar-refractivity contribution in [3.63, 3.8) is 0 Å². The zero-order chi connectivity index (χ0) is 21.3. The van der Waals surface area contributed by atoms with Crippen molar-refractivity contribution in [1.82, 2.24) is 15.3 Å². The summed E-state index contributed by atoms with van der Waals surface area (Å²) in [7, 11) is 0. The van der Waals surface area contributed by atoms with Crippen molar-refractivity contribution in [2.45, 2.75) is 52.1 Å². The van der Waals surface area contributed by atoms with Crippen LogP contribution >= 0.6 is 0 Å². The first-order valence-electron chi connectivity index (χ1n) is 11.5. The van der Waals surface area contributed by atoms with E-state index in [1.165, 1.54) is 31.2 Å². The fourth-order valence-corrected chi connectivity index (χ4v) is 5.21. The number of para-hydroxylation sites is 1. The number of carbonyl (C=O) groups is 1. The molecule has 0 bridgehead atoms. The molecule has 1 atom stereocenters. The minimum absolute atomic E-state index is 0.178. The second kappa shape index (κ2) is 8.29. The smallest absolute Gasteiger partial charge is 0.224 e. The van der Waals surface area contributed by atoms with Crippen molar-refractivity contribution >= 4 is 22.6 Å². The Balaban J connectivity index is 1.37. The maximum Gasteiger partial charge on any atom is 0.224 e. The normalized spacial score (nSPS) is 18.9. The van der Waals surface area contributed by atoms with E-state index in [0.717, 1.165) is 36.2 Å². The highest BCUT2D eigenvalue weighted by Crippen LogP contribution is 2.62. The van der Waals surface area contributed by atoms with Crippen LogP contribution in [0.1, 0.15) is 50.4 Å². The summed E-state index contributed by atoms with van der Waals surface area (Å²) in [4.78, 5) is 24.7. The molecule has 2 aliphatic rings. The molecule has 1 aromatic heterocycles. The summed E-state index contributed by atoms with van der Waals surface area (Å²) in [5.41, 5.74) is 2.48. The number of fused-ring (bicyclic) bond motifs is 1. The van der Waals surface area contributed by atoms with Crippen molar-refractivity contribution in [2.75, 3.05) is 11.4 Å². The van der Waals surface area contributed by atoms with E-state index in [-0.39, 0.29) is 11.8 Å². The molecule has 3 aromatic rings. The molecule has 0 radical (unpaired) electrons. The van der Waals surface area contributed by atoms with Gasteiger partial charge in [-0.1, -0.05) is 55.3 Å². The van der Waals surface area contributed by atoms with Gasteiger partial charge in [0.1, 0.15) is 5.82 Å². The topological polar surface area (TPSA) is 58.1 Å². The quantitative estimate of drug-likeness (QED) is 0.600. The molecule has 2 aliphatic carbocycles. The van der Waals surface area contributed by atoms with Crippen LogP contribution in [-0.4, -0.2) is 22.4 Å². The number of benzene rings is 2. The molecule has 0 unspecified atom stereocenters. The van der Waals surface area contributed by atoms with Crippen molar-refractivity contribution in [2.24, 2.45) is 11.3 Å². The van der Waals surface area contributed by atoms with Gasteiger partial charge in [-0.05, 0) is 49.3 Å². The van der Waals surface area contributed by atoms with E-state index < -0.39 is 0 Å². The average molecular weight is 415 g/mol. The molecule has 2 saturated carbocycles. The van der Waals surface area contributed by atoms with Gasteiger partial charge in [-0.3, -0.25) is 4.79 Å². The fourth-order valence-electron chi connectivity index (χ4n) is 5.21. The molecular formula is C26H30N4O. The second-order valence-corrected chi connectivity index (χ2v) is 9.02. The molecule has 5 heteroatoms. The van der Waals surface area contributed by atoms with Crippen molar-refractivity contribution < 1.29 is 4.79 Å². The number of aromatic nitrogens is 2. The number of hydrogen-bond acceptors (Lipinski definition) is 4. The molecule has 31 heavy (non-hydrogen) atoms. The Kier molecular flexibility index (Phi) is 5.34. The number of nitrogens with one attached hydrogen (secondary N) is 1. The van der Waals surface area contributed by atoms with Crippen LogP contribution in [-0.2, 0) is 17.9 Å². The number of carbonyl (C=O) groups excluding carboxylic acids is 1. The molecule has 2 aromatic carbocycles. The van der Waals surface area contributed by atoms with Crippen LogP contribution in [0, 0.1) is 11.3 Å². The number of amides is 1. The average Bonchev–Trinajstić information content (AvgIpc) is 3.32. The minimum atomic E-state index is 0.178. The predicted molar refractivity (Wildman–Crippen MR) is 124 cm³/mol. The van der Waals surface area contributed by atoms with E-state index in [0.29, 0.717) is 17.8 Å². The van der Waals surface area contributed by atoms with Gasteiger partial charge in [0.15, 0.2) is 5.82 Å². The Morgan fingerprint density at radius 1 is 1.06 bits per heavy atom. The van der Waals surface area contributed by atoms with Gasteiger partial charge in [0.25, 0.3) is 0 Å². The Morgan fingerprint density at radius 3 is 2.58 bits per heavy atom.